The van der Waals surface area contributed by atoms with E-state index in [0.717, 1.165) is 0 Å². The van der Waals surface area contributed by atoms with Crippen LogP contribution in [0, 0.1) is 57.2 Å². The minimum atomic E-state index is -1.20. The molecule has 6 N–H and O–H groups in total. The van der Waals surface area contributed by atoms with Crippen molar-refractivity contribution in [2.24, 2.45) is 57.2 Å². The van der Waals surface area contributed by atoms with Gasteiger partial charge < -0.3 is 50.0 Å². The molecule has 0 saturated heterocycles. The van der Waals surface area contributed by atoms with Crippen molar-refractivity contribution in [3.8, 4) is 0 Å². The van der Waals surface area contributed by atoms with Gasteiger partial charge in [-0.05, 0) is 77.0 Å². The second kappa shape index (κ2) is 25.3. The molecule has 58 heavy (non-hydrogen) atoms. The summed E-state index contributed by atoms with van der Waals surface area (Å²) in [6.07, 6.45) is -0.0908. The summed E-state index contributed by atoms with van der Waals surface area (Å²) in [6.45, 7) is 18.6. The van der Waals surface area contributed by atoms with Crippen LogP contribution in [0.3, 0.4) is 0 Å². The van der Waals surface area contributed by atoms with Gasteiger partial charge >= 0.3 is 23.9 Å². The SMILES string of the molecule is CC(C)C(C)(CC(CC(C)(C(=O)OCCO)C(C)C)C(=O)NCCNC(=O)C(CC(C)(C(=O)OCCO)C(C)C)CC(C)(C(=O)OCCO)C(C)C)C(=O)OCCO. The lowest BCUT2D eigenvalue weighted by molar-refractivity contribution is -0.165. The monoisotopic (exact) mass is 833 g/mol. The first kappa shape index (κ1) is 54.7. The fourth-order valence-electron chi connectivity index (χ4n) is 6.65. The molecule has 4 atom stereocenters. The van der Waals surface area contributed by atoms with Crippen LogP contribution in [0.25, 0.3) is 0 Å². The van der Waals surface area contributed by atoms with Crippen LogP contribution in [0.4, 0.5) is 0 Å². The van der Waals surface area contributed by atoms with Crippen LogP contribution in [0.2, 0.25) is 0 Å². The van der Waals surface area contributed by atoms with E-state index >= 15 is 0 Å². The van der Waals surface area contributed by atoms with Gasteiger partial charge in [0, 0.05) is 24.9 Å². The smallest absolute Gasteiger partial charge is 0.312 e. The molecule has 0 radical (unpaired) electrons. The maximum absolute atomic E-state index is 14.1. The van der Waals surface area contributed by atoms with E-state index in [1.807, 2.05) is 55.4 Å². The van der Waals surface area contributed by atoms with Crippen LogP contribution < -0.4 is 10.6 Å². The van der Waals surface area contributed by atoms with Gasteiger partial charge in [-0.25, -0.2) is 0 Å². The molecule has 0 aliphatic carbocycles. The minimum absolute atomic E-state index is 0.0227. The van der Waals surface area contributed by atoms with E-state index in [-0.39, 0.29) is 115 Å². The Kier molecular flexibility index (Phi) is 23.9. The Morgan fingerprint density at radius 3 is 0.759 bits per heavy atom. The zero-order valence-corrected chi connectivity index (χ0v) is 37.2. The number of rotatable bonds is 29. The average Bonchev–Trinajstić information content (AvgIpc) is 3.16. The molecule has 0 rings (SSSR count). The molecular formula is C42H76N2O14. The fraction of sp³-hybridized carbons (Fsp3) is 0.857. The predicted octanol–water partition coefficient (Wildman–Crippen LogP) is 2.80. The van der Waals surface area contributed by atoms with E-state index in [1.54, 1.807) is 27.7 Å². The molecule has 0 aromatic carbocycles. The minimum Gasteiger partial charge on any atom is -0.463 e. The zero-order chi connectivity index (χ0) is 45.1. The van der Waals surface area contributed by atoms with Crippen LogP contribution >= 0.6 is 0 Å². The van der Waals surface area contributed by atoms with Crippen molar-refractivity contribution >= 4 is 35.7 Å². The molecule has 0 aliphatic heterocycles. The number of nitrogens with one attached hydrogen (secondary N) is 2. The molecule has 0 heterocycles. The Bertz CT molecular complexity index is 1140. The van der Waals surface area contributed by atoms with Gasteiger partial charge in [0.15, 0.2) is 0 Å². The van der Waals surface area contributed by atoms with Crippen LogP contribution in [-0.2, 0) is 47.7 Å². The van der Waals surface area contributed by atoms with Gasteiger partial charge in [0.1, 0.15) is 26.4 Å². The number of carbonyl (C=O) groups excluding carboxylic acids is 6. The fourth-order valence-corrected chi connectivity index (χ4v) is 6.65. The van der Waals surface area contributed by atoms with E-state index < -0.39 is 69.2 Å². The van der Waals surface area contributed by atoms with E-state index in [2.05, 4.69) is 10.6 Å². The standard InChI is InChI=1S/C42H76N2O14/c1-27(2)39(9,35(51)55-19-15-45)23-31(24-40(10,28(3)4)36(52)56-20-16-46)33(49)43-13-14-44-34(50)32(25-41(11,29(5)6)37(53)57-21-17-47)26-42(12,30(7)8)38(54)58-22-18-48/h27-32,45-48H,13-26H2,1-12H3,(H,43,49)(H,44,50). The van der Waals surface area contributed by atoms with Crippen LogP contribution in [0.15, 0.2) is 0 Å². The number of amides is 2. The third-order valence-electron chi connectivity index (χ3n) is 12.4. The van der Waals surface area contributed by atoms with Crippen molar-refractivity contribution in [1.29, 1.82) is 0 Å². The average molecular weight is 833 g/mol. The first-order valence-electron chi connectivity index (χ1n) is 20.6. The summed E-state index contributed by atoms with van der Waals surface area (Å²) in [5, 5.41) is 42.9. The molecule has 338 valence electrons. The Morgan fingerprint density at radius 1 is 0.414 bits per heavy atom. The molecule has 0 aliphatic rings. The van der Waals surface area contributed by atoms with E-state index in [1.165, 1.54) is 0 Å². The summed E-state index contributed by atoms with van der Waals surface area (Å²) in [4.78, 5) is 81.6. The lowest BCUT2D eigenvalue weighted by Gasteiger charge is -2.39. The Balaban J connectivity index is 6.68. The third-order valence-corrected chi connectivity index (χ3v) is 12.4. The summed E-state index contributed by atoms with van der Waals surface area (Å²) >= 11 is 0. The largest absolute Gasteiger partial charge is 0.463 e. The van der Waals surface area contributed by atoms with Crippen LogP contribution in [0.1, 0.15) is 109 Å². The van der Waals surface area contributed by atoms with Crippen molar-refractivity contribution in [1.82, 2.24) is 10.6 Å². The maximum atomic E-state index is 14.1. The van der Waals surface area contributed by atoms with Gasteiger partial charge in [0.2, 0.25) is 11.8 Å². The quantitative estimate of drug-likeness (QED) is 0.0361. The number of carbonyl (C=O) groups is 6. The number of aliphatic hydroxyl groups is 4. The number of esters is 4. The van der Waals surface area contributed by atoms with Crippen LogP contribution in [-0.4, -0.2) is 122 Å². The second-order valence-electron chi connectivity index (χ2n) is 17.5. The first-order chi connectivity index (χ1) is 26.9. The lowest BCUT2D eigenvalue weighted by Crippen LogP contribution is -2.47. The summed E-state index contributed by atoms with van der Waals surface area (Å²) in [6, 6.07) is 0. The Hall–Kier alpha value is -3.34. The lowest BCUT2D eigenvalue weighted by atomic mass is 9.66. The van der Waals surface area contributed by atoms with Crippen molar-refractivity contribution in [2.75, 3.05) is 65.9 Å². The van der Waals surface area contributed by atoms with E-state index in [0.29, 0.717) is 0 Å². The highest BCUT2D eigenvalue weighted by Crippen LogP contribution is 2.44. The van der Waals surface area contributed by atoms with Crippen molar-refractivity contribution < 1.29 is 68.1 Å². The van der Waals surface area contributed by atoms with Crippen molar-refractivity contribution in [3.63, 3.8) is 0 Å². The highest BCUT2D eigenvalue weighted by Gasteiger charge is 2.49. The number of hydrogen-bond acceptors (Lipinski definition) is 14. The van der Waals surface area contributed by atoms with E-state index in [4.69, 9.17) is 18.9 Å². The van der Waals surface area contributed by atoms with Crippen LogP contribution in [0.5, 0.6) is 0 Å². The third kappa shape index (κ3) is 15.4. The molecule has 0 aromatic rings. The molecule has 0 spiro atoms. The predicted molar refractivity (Wildman–Crippen MR) is 215 cm³/mol. The van der Waals surface area contributed by atoms with Gasteiger partial charge in [-0.1, -0.05) is 55.4 Å². The Morgan fingerprint density at radius 2 is 0.603 bits per heavy atom. The maximum Gasteiger partial charge on any atom is 0.312 e. The summed E-state index contributed by atoms with van der Waals surface area (Å²) in [5.74, 6) is -6.53. The van der Waals surface area contributed by atoms with Gasteiger partial charge in [-0.2, -0.15) is 0 Å². The van der Waals surface area contributed by atoms with Gasteiger partial charge in [0.25, 0.3) is 0 Å². The first-order valence-corrected chi connectivity index (χ1v) is 20.6. The molecule has 0 aromatic heterocycles. The summed E-state index contributed by atoms with van der Waals surface area (Å²) < 4.78 is 21.3. The molecule has 4 unspecified atom stereocenters. The normalized spacial score (nSPS) is 17.0. The highest BCUT2D eigenvalue weighted by atomic mass is 16.6. The summed E-state index contributed by atoms with van der Waals surface area (Å²) in [7, 11) is 0. The molecule has 2 amide bonds. The number of hydrogen-bond donors (Lipinski definition) is 6. The zero-order valence-electron chi connectivity index (χ0n) is 37.2. The van der Waals surface area contributed by atoms with Gasteiger partial charge in [0.05, 0.1) is 48.1 Å². The highest BCUT2D eigenvalue weighted by molar-refractivity contribution is 5.85. The van der Waals surface area contributed by atoms with E-state index in [9.17, 15) is 49.2 Å². The van der Waals surface area contributed by atoms with Crippen molar-refractivity contribution in [2.45, 2.75) is 109 Å². The molecule has 0 bridgehead atoms. The second-order valence-corrected chi connectivity index (χ2v) is 17.5. The summed E-state index contributed by atoms with van der Waals surface area (Å²) in [5.41, 5.74) is -4.80. The molecular weight excluding hydrogens is 756 g/mol. The van der Waals surface area contributed by atoms with Crippen molar-refractivity contribution in [3.05, 3.63) is 0 Å². The topological polar surface area (TPSA) is 244 Å². The Labute approximate surface area is 345 Å². The van der Waals surface area contributed by atoms with Gasteiger partial charge in [-0.15, -0.1) is 0 Å². The molecule has 0 fully saturated rings. The van der Waals surface area contributed by atoms with Gasteiger partial charge in [-0.3, -0.25) is 28.8 Å². The number of aliphatic hydroxyl groups excluding tert-OH is 4. The molecule has 16 heteroatoms. The molecule has 16 nitrogen and oxygen atoms in total. The molecule has 0 saturated carbocycles. The number of ether oxygens (including phenoxy) is 4.